The second kappa shape index (κ2) is 5.08. The SMILES string of the molecule is Nc1ccc(C(=O)c2cccc(Br)c2F)c(Cl)c1. The molecule has 5 heteroatoms. The Morgan fingerprint density at radius 2 is 1.94 bits per heavy atom. The standard InChI is InChI=1S/C13H8BrClFNO/c14-10-3-1-2-9(12(10)16)13(18)8-5-4-7(17)6-11(8)15/h1-6H,17H2. The van der Waals surface area contributed by atoms with Crippen LogP contribution in [0.15, 0.2) is 40.9 Å². The molecule has 2 aromatic carbocycles. The van der Waals surface area contributed by atoms with Gasteiger partial charge in [0.05, 0.1) is 15.1 Å². The summed E-state index contributed by atoms with van der Waals surface area (Å²) in [5.74, 6) is -1.07. The van der Waals surface area contributed by atoms with E-state index in [1.807, 2.05) is 0 Å². The fourth-order valence-electron chi connectivity index (χ4n) is 1.54. The van der Waals surface area contributed by atoms with Crippen LogP contribution in [0.5, 0.6) is 0 Å². The zero-order valence-corrected chi connectivity index (χ0v) is 11.4. The van der Waals surface area contributed by atoms with Crippen LogP contribution in [0.25, 0.3) is 0 Å². The van der Waals surface area contributed by atoms with Crippen molar-refractivity contribution in [2.24, 2.45) is 0 Å². The lowest BCUT2D eigenvalue weighted by Gasteiger charge is -2.06. The molecule has 0 radical (unpaired) electrons. The molecule has 0 atom stereocenters. The highest BCUT2D eigenvalue weighted by Gasteiger charge is 2.18. The number of carbonyl (C=O) groups excluding carboxylic acids is 1. The van der Waals surface area contributed by atoms with Crippen LogP contribution in [0.2, 0.25) is 5.02 Å². The molecule has 0 heterocycles. The molecule has 2 aromatic rings. The minimum atomic E-state index is -0.601. The van der Waals surface area contributed by atoms with Gasteiger partial charge < -0.3 is 5.73 Å². The molecule has 0 amide bonds. The monoisotopic (exact) mass is 327 g/mol. The van der Waals surface area contributed by atoms with E-state index in [1.54, 1.807) is 12.1 Å². The first-order valence-electron chi connectivity index (χ1n) is 5.04. The number of rotatable bonds is 2. The normalized spacial score (nSPS) is 10.4. The van der Waals surface area contributed by atoms with Crippen molar-refractivity contribution in [2.45, 2.75) is 0 Å². The third kappa shape index (κ3) is 2.40. The molecule has 0 saturated carbocycles. The Hall–Kier alpha value is -1.39. The number of halogens is 3. The maximum absolute atomic E-state index is 13.8. The molecule has 0 unspecified atom stereocenters. The summed E-state index contributed by atoms with van der Waals surface area (Å²) in [6.07, 6.45) is 0. The van der Waals surface area contributed by atoms with E-state index < -0.39 is 11.6 Å². The number of nitrogens with two attached hydrogens (primary N) is 1. The average Bonchev–Trinajstić information content (AvgIpc) is 2.32. The summed E-state index contributed by atoms with van der Waals surface area (Å²) in [7, 11) is 0. The summed E-state index contributed by atoms with van der Waals surface area (Å²) in [6, 6.07) is 9.03. The molecule has 0 bridgehead atoms. The van der Waals surface area contributed by atoms with E-state index in [-0.39, 0.29) is 20.6 Å². The van der Waals surface area contributed by atoms with Crippen LogP contribution in [-0.4, -0.2) is 5.78 Å². The van der Waals surface area contributed by atoms with Gasteiger partial charge in [0, 0.05) is 11.3 Å². The van der Waals surface area contributed by atoms with Gasteiger partial charge in [0.25, 0.3) is 0 Å². The van der Waals surface area contributed by atoms with Crippen LogP contribution in [-0.2, 0) is 0 Å². The van der Waals surface area contributed by atoms with Gasteiger partial charge in [-0.1, -0.05) is 17.7 Å². The molecule has 18 heavy (non-hydrogen) atoms. The minimum Gasteiger partial charge on any atom is -0.399 e. The number of ketones is 1. The number of nitrogen functional groups attached to an aromatic ring is 1. The van der Waals surface area contributed by atoms with Crippen LogP contribution in [0, 0.1) is 5.82 Å². The average molecular weight is 329 g/mol. The fraction of sp³-hybridized carbons (Fsp3) is 0. The molecule has 0 aliphatic carbocycles. The van der Waals surface area contributed by atoms with Gasteiger partial charge in [-0.05, 0) is 46.3 Å². The Kier molecular flexibility index (Phi) is 3.68. The molecule has 2 rings (SSSR count). The van der Waals surface area contributed by atoms with Crippen molar-refractivity contribution < 1.29 is 9.18 Å². The Morgan fingerprint density at radius 3 is 2.61 bits per heavy atom. The lowest BCUT2D eigenvalue weighted by atomic mass is 10.0. The van der Waals surface area contributed by atoms with Crippen molar-refractivity contribution in [3.05, 3.63) is 62.8 Å². The molecule has 0 saturated heterocycles. The predicted octanol–water partition coefficient (Wildman–Crippen LogP) is 4.05. The van der Waals surface area contributed by atoms with Gasteiger partial charge in [-0.25, -0.2) is 4.39 Å². The first kappa shape index (κ1) is 13.1. The van der Waals surface area contributed by atoms with E-state index >= 15 is 0 Å². The van der Waals surface area contributed by atoms with Crippen LogP contribution in [0.3, 0.4) is 0 Å². The molecule has 0 aliphatic rings. The topological polar surface area (TPSA) is 43.1 Å². The second-order valence-electron chi connectivity index (χ2n) is 3.67. The van der Waals surface area contributed by atoms with E-state index in [2.05, 4.69) is 15.9 Å². The summed E-state index contributed by atoms with van der Waals surface area (Å²) in [5, 5.41) is 0.208. The fourth-order valence-corrected chi connectivity index (χ4v) is 2.18. The van der Waals surface area contributed by atoms with Crippen molar-refractivity contribution in [3.8, 4) is 0 Å². The highest BCUT2D eigenvalue weighted by Crippen LogP contribution is 2.25. The van der Waals surface area contributed by atoms with E-state index in [9.17, 15) is 9.18 Å². The third-order valence-electron chi connectivity index (χ3n) is 2.43. The molecular formula is C13H8BrClFNO. The number of hydrogen-bond donors (Lipinski definition) is 1. The molecule has 0 aromatic heterocycles. The van der Waals surface area contributed by atoms with Crippen LogP contribution >= 0.6 is 27.5 Å². The number of hydrogen-bond acceptors (Lipinski definition) is 2. The van der Waals surface area contributed by atoms with Gasteiger partial charge in [-0.3, -0.25) is 4.79 Å². The highest BCUT2D eigenvalue weighted by atomic mass is 79.9. The predicted molar refractivity (Wildman–Crippen MR) is 73.4 cm³/mol. The molecule has 0 fully saturated rings. The first-order chi connectivity index (χ1) is 8.50. The van der Waals surface area contributed by atoms with E-state index in [4.69, 9.17) is 17.3 Å². The third-order valence-corrected chi connectivity index (χ3v) is 3.36. The van der Waals surface area contributed by atoms with E-state index in [0.717, 1.165) is 0 Å². The van der Waals surface area contributed by atoms with Crippen LogP contribution < -0.4 is 5.73 Å². The molecule has 2 N–H and O–H groups in total. The summed E-state index contributed by atoms with van der Waals surface area (Å²) >= 11 is 8.97. The van der Waals surface area contributed by atoms with Gasteiger partial charge in [-0.15, -0.1) is 0 Å². The quantitative estimate of drug-likeness (QED) is 0.667. The van der Waals surface area contributed by atoms with Gasteiger partial charge in [0.1, 0.15) is 5.82 Å². The number of benzene rings is 2. The van der Waals surface area contributed by atoms with E-state index in [0.29, 0.717) is 5.69 Å². The lowest BCUT2D eigenvalue weighted by molar-refractivity contribution is 0.103. The molecule has 0 aliphatic heterocycles. The number of carbonyl (C=O) groups is 1. The van der Waals surface area contributed by atoms with Gasteiger partial charge in [0.2, 0.25) is 0 Å². The molecule has 0 spiro atoms. The smallest absolute Gasteiger partial charge is 0.197 e. The van der Waals surface area contributed by atoms with Crippen LogP contribution in [0.4, 0.5) is 10.1 Å². The van der Waals surface area contributed by atoms with Gasteiger partial charge in [0.15, 0.2) is 5.78 Å². The Labute approximate surface area is 117 Å². The van der Waals surface area contributed by atoms with Crippen molar-refractivity contribution in [2.75, 3.05) is 5.73 Å². The molecule has 92 valence electrons. The molecule has 2 nitrogen and oxygen atoms in total. The summed E-state index contributed by atoms with van der Waals surface area (Å²) < 4.78 is 14.0. The highest BCUT2D eigenvalue weighted by molar-refractivity contribution is 9.10. The minimum absolute atomic E-state index is 0.0314. The van der Waals surface area contributed by atoms with Gasteiger partial charge in [-0.2, -0.15) is 0 Å². The maximum atomic E-state index is 13.8. The van der Waals surface area contributed by atoms with Crippen molar-refractivity contribution in [1.82, 2.24) is 0 Å². The Morgan fingerprint density at radius 1 is 1.22 bits per heavy atom. The Bertz CT molecular complexity index is 630. The Balaban J connectivity index is 2.51. The largest absolute Gasteiger partial charge is 0.399 e. The lowest BCUT2D eigenvalue weighted by Crippen LogP contribution is -2.05. The first-order valence-corrected chi connectivity index (χ1v) is 6.21. The second-order valence-corrected chi connectivity index (χ2v) is 4.93. The number of anilines is 1. The van der Waals surface area contributed by atoms with Crippen molar-refractivity contribution in [3.63, 3.8) is 0 Å². The molecular weight excluding hydrogens is 321 g/mol. The zero-order valence-electron chi connectivity index (χ0n) is 9.08. The van der Waals surface area contributed by atoms with E-state index in [1.165, 1.54) is 24.3 Å². The zero-order chi connectivity index (χ0) is 13.3. The van der Waals surface area contributed by atoms with Crippen molar-refractivity contribution >= 4 is 39.0 Å². The van der Waals surface area contributed by atoms with Crippen molar-refractivity contribution in [1.29, 1.82) is 0 Å². The summed E-state index contributed by atoms with van der Waals surface area (Å²) in [5.41, 5.74) is 6.19. The van der Waals surface area contributed by atoms with Gasteiger partial charge >= 0.3 is 0 Å². The summed E-state index contributed by atoms with van der Waals surface area (Å²) in [6.45, 7) is 0. The summed E-state index contributed by atoms with van der Waals surface area (Å²) in [4.78, 5) is 12.2. The van der Waals surface area contributed by atoms with Crippen LogP contribution in [0.1, 0.15) is 15.9 Å². The maximum Gasteiger partial charge on any atom is 0.197 e.